The smallest absolute Gasteiger partial charge is 0.252 e. The number of amides is 1. The van der Waals surface area contributed by atoms with Crippen LogP contribution >= 0.6 is 0 Å². The van der Waals surface area contributed by atoms with E-state index in [-0.39, 0.29) is 5.91 Å². The van der Waals surface area contributed by atoms with Gasteiger partial charge in [0.2, 0.25) is 0 Å². The minimum atomic E-state index is -0.108. The third-order valence-corrected chi connectivity index (χ3v) is 3.97. The number of nitrogens with one attached hydrogen (secondary N) is 2. The number of anilines is 1. The molecule has 2 N–H and O–H groups in total. The number of carbonyl (C=O) groups is 1. The van der Waals surface area contributed by atoms with E-state index in [0.29, 0.717) is 12.1 Å². The fourth-order valence-corrected chi connectivity index (χ4v) is 2.50. The van der Waals surface area contributed by atoms with Crippen LogP contribution in [0.3, 0.4) is 0 Å². The van der Waals surface area contributed by atoms with Gasteiger partial charge in [-0.15, -0.1) is 0 Å². The van der Waals surface area contributed by atoms with Crippen molar-refractivity contribution in [3.8, 4) is 5.75 Å². The van der Waals surface area contributed by atoms with Crippen molar-refractivity contribution in [2.24, 2.45) is 0 Å². The number of benzene rings is 1. The molecule has 2 aromatic rings. The number of hydrogen-bond acceptors (Lipinski definition) is 5. The maximum atomic E-state index is 12.3. The fraction of sp³-hybridized carbons (Fsp3) is 0.400. The van der Waals surface area contributed by atoms with Crippen LogP contribution in [-0.4, -0.2) is 56.6 Å². The van der Waals surface area contributed by atoms with Gasteiger partial charge >= 0.3 is 0 Å². The second-order valence-electron chi connectivity index (χ2n) is 6.40. The zero-order valence-electron chi connectivity index (χ0n) is 15.8. The van der Waals surface area contributed by atoms with E-state index < -0.39 is 0 Å². The zero-order chi connectivity index (χ0) is 18.8. The Morgan fingerprint density at radius 1 is 1.15 bits per heavy atom. The van der Waals surface area contributed by atoms with Crippen molar-refractivity contribution < 1.29 is 9.53 Å². The molecule has 6 nitrogen and oxygen atoms in total. The largest absolute Gasteiger partial charge is 0.497 e. The lowest BCUT2D eigenvalue weighted by atomic mass is 10.1. The normalized spacial score (nSPS) is 10.6. The minimum Gasteiger partial charge on any atom is -0.497 e. The number of pyridine rings is 1. The van der Waals surface area contributed by atoms with Gasteiger partial charge in [0.15, 0.2) is 0 Å². The molecule has 0 atom stereocenters. The van der Waals surface area contributed by atoms with Gasteiger partial charge in [-0.2, -0.15) is 0 Å². The Labute approximate surface area is 155 Å². The molecule has 0 bridgehead atoms. The Morgan fingerprint density at radius 3 is 2.62 bits per heavy atom. The lowest BCUT2D eigenvalue weighted by molar-refractivity contribution is 0.0954. The predicted octanol–water partition coefficient (Wildman–Crippen LogP) is 2.43. The number of ether oxygens (including phenoxy) is 1. The zero-order valence-corrected chi connectivity index (χ0v) is 15.8. The number of carbonyl (C=O) groups excluding carboxylic acids is 1. The first-order valence-electron chi connectivity index (χ1n) is 8.83. The summed E-state index contributed by atoms with van der Waals surface area (Å²) in [6.45, 7) is 2.44. The first-order chi connectivity index (χ1) is 12.6. The van der Waals surface area contributed by atoms with E-state index in [1.165, 1.54) is 0 Å². The lowest BCUT2D eigenvalue weighted by Crippen LogP contribution is -2.26. The van der Waals surface area contributed by atoms with Gasteiger partial charge < -0.3 is 20.3 Å². The van der Waals surface area contributed by atoms with Crippen LogP contribution in [0.25, 0.3) is 0 Å². The Balaban J connectivity index is 1.78. The highest BCUT2D eigenvalue weighted by Crippen LogP contribution is 2.12. The summed E-state index contributed by atoms with van der Waals surface area (Å²) < 4.78 is 5.14. The lowest BCUT2D eigenvalue weighted by Gasteiger charge is -2.11. The van der Waals surface area contributed by atoms with Crippen molar-refractivity contribution in [3.05, 3.63) is 53.9 Å². The Kier molecular flexibility index (Phi) is 7.89. The van der Waals surface area contributed by atoms with Gasteiger partial charge in [-0.05, 0) is 57.2 Å². The molecule has 0 saturated carbocycles. The van der Waals surface area contributed by atoms with Gasteiger partial charge in [0.1, 0.15) is 5.75 Å². The van der Waals surface area contributed by atoms with Crippen LogP contribution in [0.2, 0.25) is 0 Å². The second kappa shape index (κ2) is 10.4. The van der Waals surface area contributed by atoms with E-state index in [2.05, 4.69) is 34.6 Å². The van der Waals surface area contributed by atoms with Crippen LogP contribution in [0.15, 0.2) is 42.7 Å². The van der Waals surface area contributed by atoms with Crippen LogP contribution < -0.4 is 15.4 Å². The van der Waals surface area contributed by atoms with Crippen LogP contribution in [0.4, 0.5) is 5.69 Å². The number of methoxy groups -OCH3 is 1. The van der Waals surface area contributed by atoms with E-state index in [4.69, 9.17) is 4.74 Å². The summed E-state index contributed by atoms with van der Waals surface area (Å²) in [5.41, 5.74) is 2.59. The SMILES string of the molecule is COc1ccc(CCNC(=O)c2cncc(NCCCN(C)C)c2)cc1. The maximum Gasteiger partial charge on any atom is 0.252 e. The molecule has 1 amide bonds. The summed E-state index contributed by atoms with van der Waals surface area (Å²) in [6.07, 6.45) is 5.13. The Bertz CT molecular complexity index is 686. The highest BCUT2D eigenvalue weighted by atomic mass is 16.5. The molecule has 140 valence electrons. The van der Waals surface area contributed by atoms with Crippen LogP contribution in [-0.2, 0) is 6.42 Å². The quantitative estimate of drug-likeness (QED) is 0.640. The average molecular weight is 356 g/mol. The molecule has 0 fully saturated rings. The molecule has 1 heterocycles. The van der Waals surface area contributed by atoms with Gasteiger partial charge in [-0.1, -0.05) is 12.1 Å². The van der Waals surface area contributed by atoms with Crippen molar-refractivity contribution in [3.63, 3.8) is 0 Å². The highest BCUT2D eigenvalue weighted by Gasteiger charge is 2.07. The van der Waals surface area contributed by atoms with Crippen LogP contribution in [0.1, 0.15) is 22.3 Å². The molecule has 6 heteroatoms. The Hall–Kier alpha value is -2.60. The summed E-state index contributed by atoms with van der Waals surface area (Å²) in [6, 6.07) is 9.69. The molecule has 0 aliphatic carbocycles. The molecule has 0 unspecified atom stereocenters. The van der Waals surface area contributed by atoms with Crippen LogP contribution in [0.5, 0.6) is 5.75 Å². The average Bonchev–Trinajstić information content (AvgIpc) is 2.66. The summed E-state index contributed by atoms with van der Waals surface area (Å²) in [4.78, 5) is 18.6. The third-order valence-electron chi connectivity index (χ3n) is 3.97. The topological polar surface area (TPSA) is 66.5 Å². The second-order valence-corrected chi connectivity index (χ2v) is 6.40. The Morgan fingerprint density at radius 2 is 1.92 bits per heavy atom. The van der Waals surface area contributed by atoms with Gasteiger partial charge in [0.05, 0.1) is 18.4 Å². The number of hydrogen-bond donors (Lipinski definition) is 2. The summed E-state index contributed by atoms with van der Waals surface area (Å²) in [7, 11) is 5.76. The highest BCUT2D eigenvalue weighted by molar-refractivity contribution is 5.94. The standard InChI is InChI=1S/C20H28N4O2/c1-24(2)12-4-10-22-18-13-17(14-21-15-18)20(25)23-11-9-16-5-7-19(26-3)8-6-16/h5-8,13-15,22H,4,9-12H2,1-3H3,(H,23,25). The van der Waals surface area contributed by atoms with E-state index in [9.17, 15) is 4.79 Å². The molecular formula is C20H28N4O2. The summed E-state index contributed by atoms with van der Waals surface area (Å²) >= 11 is 0. The molecule has 26 heavy (non-hydrogen) atoms. The third kappa shape index (κ3) is 6.72. The number of aromatic nitrogens is 1. The molecule has 1 aromatic carbocycles. The number of rotatable bonds is 10. The van der Waals surface area contributed by atoms with E-state index in [0.717, 1.165) is 42.9 Å². The van der Waals surface area contributed by atoms with Crippen molar-refractivity contribution in [1.29, 1.82) is 0 Å². The van der Waals surface area contributed by atoms with Gasteiger partial charge in [-0.25, -0.2) is 0 Å². The molecule has 0 spiro atoms. The maximum absolute atomic E-state index is 12.3. The van der Waals surface area contributed by atoms with E-state index in [1.807, 2.05) is 30.3 Å². The minimum absolute atomic E-state index is 0.108. The molecule has 0 aliphatic heterocycles. The predicted molar refractivity (Wildman–Crippen MR) is 105 cm³/mol. The van der Waals surface area contributed by atoms with Gasteiger partial charge in [0.25, 0.3) is 5.91 Å². The molecule has 0 radical (unpaired) electrons. The van der Waals surface area contributed by atoms with Gasteiger partial charge in [-0.3, -0.25) is 9.78 Å². The monoisotopic (exact) mass is 356 g/mol. The fourth-order valence-electron chi connectivity index (χ4n) is 2.50. The molecule has 0 aliphatic rings. The van der Waals surface area contributed by atoms with Crippen molar-refractivity contribution in [2.75, 3.05) is 46.2 Å². The molecule has 1 aromatic heterocycles. The van der Waals surface area contributed by atoms with Crippen LogP contribution in [0, 0.1) is 0 Å². The molecule has 2 rings (SSSR count). The van der Waals surface area contributed by atoms with Crippen molar-refractivity contribution in [1.82, 2.24) is 15.2 Å². The van der Waals surface area contributed by atoms with E-state index in [1.54, 1.807) is 19.5 Å². The van der Waals surface area contributed by atoms with Gasteiger partial charge in [0, 0.05) is 25.5 Å². The van der Waals surface area contributed by atoms with Crippen molar-refractivity contribution >= 4 is 11.6 Å². The first-order valence-corrected chi connectivity index (χ1v) is 8.83. The van der Waals surface area contributed by atoms with Crippen molar-refractivity contribution in [2.45, 2.75) is 12.8 Å². The molecular weight excluding hydrogens is 328 g/mol. The first kappa shape index (κ1) is 19.7. The summed E-state index contributed by atoms with van der Waals surface area (Å²) in [5, 5.41) is 6.25. The number of nitrogens with zero attached hydrogens (tertiary/aromatic N) is 2. The van der Waals surface area contributed by atoms with E-state index >= 15 is 0 Å². The molecule has 0 saturated heterocycles. The summed E-state index contributed by atoms with van der Waals surface area (Å²) in [5.74, 6) is 0.724.